The molecule has 0 saturated carbocycles. The summed E-state index contributed by atoms with van der Waals surface area (Å²) in [6, 6.07) is 31.4. The van der Waals surface area contributed by atoms with Crippen LogP contribution in [0.25, 0.3) is 0 Å². The third-order valence-corrected chi connectivity index (χ3v) is 8.51. The van der Waals surface area contributed by atoms with Gasteiger partial charge in [-0.3, -0.25) is 5.32 Å². The Labute approximate surface area is 241 Å². The van der Waals surface area contributed by atoms with Gasteiger partial charge in [0.25, 0.3) is 0 Å². The van der Waals surface area contributed by atoms with Crippen LogP contribution in [0.1, 0.15) is 35.2 Å². The Balaban J connectivity index is 1.92. The predicted molar refractivity (Wildman–Crippen MR) is 158 cm³/mol. The van der Waals surface area contributed by atoms with Crippen molar-refractivity contribution in [2.24, 2.45) is 0 Å². The number of hydrogen-bond acceptors (Lipinski definition) is 5. The van der Waals surface area contributed by atoms with Crippen LogP contribution in [0.2, 0.25) is 5.02 Å². The zero-order valence-corrected chi connectivity index (χ0v) is 24.1. The summed E-state index contributed by atoms with van der Waals surface area (Å²) < 4.78 is 36.2. The number of carbonyl (C=O) groups excluding carboxylic acids is 1. The van der Waals surface area contributed by atoms with Crippen molar-refractivity contribution < 1.29 is 17.9 Å². The van der Waals surface area contributed by atoms with Gasteiger partial charge in [-0.05, 0) is 48.7 Å². The molecule has 0 aliphatic carbocycles. The monoisotopic (exact) mass is 576 g/mol. The zero-order chi connectivity index (χ0) is 28.6. The Bertz CT molecular complexity index is 1510. The highest BCUT2D eigenvalue weighted by Crippen LogP contribution is 2.36. The van der Waals surface area contributed by atoms with Crippen LogP contribution in [0.15, 0.2) is 114 Å². The molecule has 40 heavy (non-hydrogen) atoms. The van der Waals surface area contributed by atoms with Crippen LogP contribution in [0.5, 0.6) is 0 Å². The summed E-state index contributed by atoms with van der Waals surface area (Å²) in [5, 5.41) is 3.75. The Hall–Kier alpha value is -3.49. The van der Waals surface area contributed by atoms with Crippen molar-refractivity contribution in [2.45, 2.75) is 43.3 Å². The number of nitrogens with one attached hydrogen (secondary N) is 2. The second-order valence-electron chi connectivity index (χ2n) is 9.58. The summed E-state index contributed by atoms with van der Waals surface area (Å²) >= 11 is 6.71. The summed E-state index contributed by atoms with van der Waals surface area (Å²) in [7, 11) is -4.10. The quantitative estimate of drug-likeness (QED) is 0.202. The number of aryl methyl sites for hydroxylation is 1. The van der Waals surface area contributed by atoms with Crippen LogP contribution in [-0.4, -0.2) is 26.5 Å². The fourth-order valence-electron chi connectivity index (χ4n) is 4.64. The van der Waals surface area contributed by atoms with Gasteiger partial charge < -0.3 is 4.74 Å². The first-order chi connectivity index (χ1) is 19.2. The van der Waals surface area contributed by atoms with E-state index in [9.17, 15) is 13.2 Å². The fourth-order valence-corrected chi connectivity index (χ4v) is 6.16. The number of ether oxygens (including phenoxy) is 1. The number of sulfonamides is 1. The van der Waals surface area contributed by atoms with Crippen LogP contribution < -0.4 is 10.0 Å². The molecule has 0 heterocycles. The van der Waals surface area contributed by atoms with E-state index in [2.05, 4.69) is 10.0 Å². The van der Waals surface area contributed by atoms with Crippen LogP contribution in [0, 0.1) is 6.92 Å². The maximum Gasteiger partial charge on any atom is 0.328 e. The van der Waals surface area contributed by atoms with Crippen molar-refractivity contribution >= 4 is 27.6 Å². The summed E-state index contributed by atoms with van der Waals surface area (Å²) in [5.74, 6) is -0.591. The first kappa shape index (κ1) is 29.5. The van der Waals surface area contributed by atoms with Gasteiger partial charge in [-0.25, -0.2) is 17.9 Å². The molecular formula is C32H33ClN2O4S. The molecule has 8 heteroatoms. The van der Waals surface area contributed by atoms with Crippen molar-refractivity contribution in [3.05, 3.63) is 136 Å². The van der Waals surface area contributed by atoms with Crippen LogP contribution in [0.3, 0.4) is 0 Å². The van der Waals surface area contributed by atoms with E-state index in [-0.39, 0.29) is 24.5 Å². The third kappa shape index (κ3) is 6.98. The van der Waals surface area contributed by atoms with E-state index in [1.807, 2.05) is 67.6 Å². The van der Waals surface area contributed by atoms with Crippen molar-refractivity contribution in [1.29, 1.82) is 0 Å². The van der Waals surface area contributed by atoms with Crippen LogP contribution in [0.4, 0.5) is 0 Å². The van der Waals surface area contributed by atoms with Crippen LogP contribution >= 0.6 is 11.6 Å². The maximum absolute atomic E-state index is 14.1. The van der Waals surface area contributed by atoms with E-state index >= 15 is 0 Å². The summed E-state index contributed by atoms with van der Waals surface area (Å²) in [6.45, 7) is 4.00. The molecule has 0 radical (unpaired) electrons. The van der Waals surface area contributed by atoms with E-state index in [1.54, 1.807) is 55.5 Å². The van der Waals surface area contributed by atoms with Gasteiger partial charge in [0.2, 0.25) is 10.0 Å². The molecule has 2 atom stereocenters. The maximum atomic E-state index is 14.1. The van der Waals surface area contributed by atoms with E-state index < -0.39 is 27.6 Å². The Kier molecular flexibility index (Phi) is 9.76. The molecule has 0 aliphatic heterocycles. The number of esters is 1. The molecule has 6 nitrogen and oxygen atoms in total. The van der Waals surface area contributed by atoms with Crippen molar-refractivity contribution in [3.63, 3.8) is 0 Å². The van der Waals surface area contributed by atoms with Gasteiger partial charge in [0.1, 0.15) is 5.54 Å². The molecule has 4 aromatic rings. The second kappa shape index (κ2) is 13.2. The van der Waals surface area contributed by atoms with Crippen molar-refractivity contribution in [2.75, 3.05) is 6.61 Å². The van der Waals surface area contributed by atoms with E-state index in [0.717, 1.165) is 16.7 Å². The summed E-state index contributed by atoms with van der Waals surface area (Å²) in [6.07, 6.45) is 0.131. The van der Waals surface area contributed by atoms with Gasteiger partial charge in [-0.1, -0.05) is 108 Å². The minimum absolute atomic E-state index is 0.0793. The Morgan fingerprint density at radius 1 is 0.850 bits per heavy atom. The lowest BCUT2D eigenvalue weighted by Crippen LogP contribution is -2.62. The second-order valence-corrected chi connectivity index (χ2v) is 11.7. The lowest BCUT2D eigenvalue weighted by molar-refractivity contribution is -0.152. The predicted octanol–water partition coefficient (Wildman–Crippen LogP) is 6.00. The third-order valence-electron chi connectivity index (χ3n) is 6.73. The molecule has 0 bridgehead atoms. The van der Waals surface area contributed by atoms with Gasteiger partial charge >= 0.3 is 5.97 Å². The molecule has 2 N–H and O–H groups in total. The fraction of sp³-hybridized carbons (Fsp3) is 0.219. The molecule has 208 valence electrons. The molecule has 0 fully saturated rings. The molecule has 0 spiro atoms. The minimum atomic E-state index is -4.10. The normalized spacial score (nSPS) is 13.8. The number of benzene rings is 4. The lowest BCUT2D eigenvalue weighted by Gasteiger charge is -2.40. The smallest absolute Gasteiger partial charge is 0.328 e. The molecule has 0 unspecified atom stereocenters. The Morgan fingerprint density at radius 3 is 2.02 bits per heavy atom. The van der Waals surface area contributed by atoms with Gasteiger partial charge in [-0.15, -0.1) is 0 Å². The Morgan fingerprint density at radius 2 is 1.43 bits per heavy atom. The molecule has 4 rings (SSSR count). The number of halogens is 1. The van der Waals surface area contributed by atoms with Gasteiger partial charge in [0, 0.05) is 18.0 Å². The summed E-state index contributed by atoms with van der Waals surface area (Å²) in [4.78, 5) is 14.2. The van der Waals surface area contributed by atoms with Crippen LogP contribution in [-0.2, 0) is 32.5 Å². The first-order valence-electron chi connectivity index (χ1n) is 13.1. The standard InChI is InChI=1S/C32H33ClN2O4S/c1-3-39-31(36)32(22-25-12-6-4-7-13-25,34-23-26-14-8-5-9-15-26)30(28-16-10-11-17-29(28)33)35-40(37,38)27-20-18-24(2)19-21-27/h4-21,30,34-35H,3,22-23H2,1-2H3/t30-,32+/m0/s1. The highest BCUT2D eigenvalue weighted by molar-refractivity contribution is 7.89. The van der Waals surface area contributed by atoms with E-state index in [1.165, 1.54) is 0 Å². The topological polar surface area (TPSA) is 84.5 Å². The zero-order valence-electron chi connectivity index (χ0n) is 22.5. The lowest BCUT2D eigenvalue weighted by atomic mass is 9.80. The molecule has 0 amide bonds. The van der Waals surface area contributed by atoms with E-state index in [4.69, 9.17) is 16.3 Å². The van der Waals surface area contributed by atoms with Crippen molar-refractivity contribution in [3.8, 4) is 0 Å². The van der Waals surface area contributed by atoms with Gasteiger partial charge in [0.05, 0.1) is 17.5 Å². The molecule has 0 aromatic heterocycles. The first-order valence-corrected chi connectivity index (χ1v) is 14.9. The SMILES string of the molecule is CCOC(=O)[C@](Cc1ccccc1)(NCc1ccccc1)[C@@H](NS(=O)(=O)c1ccc(C)cc1)c1ccccc1Cl. The average molecular weight is 577 g/mol. The average Bonchev–Trinajstić information content (AvgIpc) is 2.96. The minimum Gasteiger partial charge on any atom is -0.465 e. The molecule has 4 aromatic carbocycles. The number of carbonyl (C=O) groups is 1. The highest BCUT2D eigenvalue weighted by atomic mass is 35.5. The van der Waals surface area contributed by atoms with Gasteiger partial charge in [0.15, 0.2) is 0 Å². The highest BCUT2D eigenvalue weighted by Gasteiger charge is 2.50. The van der Waals surface area contributed by atoms with E-state index in [0.29, 0.717) is 10.6 Å². The van der Waals surface area contributed by atoms with Crippen molar-refractivity contribution in [1.82, 2.24) is 10.0 Å². The largest absolute Gasteiger partial charge is 0.465 e. The number of hydrogen-bond donors (Lipinski definition) is 2. The molecular weight excluding hydrogens is 544 g/mol. The molecule has 0 aliphatic rings. The molecule has 0 saturated heterocycles. The number of rotatable bonds is 12. The summed E-state index contributed by atoms with van der Waals surface area (Å²) in [5.41, 5.74) is 1.54. The van der Waals surface area contributed by atoms with Gasteiger partial charge in [-0.2, -0.15) is 0 Å².